The van der Waals surface area contributed by atoms with E-state index in [-0.39, 0.29) is 6.03 Å². The zero-order chi connectivity index (χ0) is 16.8. The largest absolute Gasteiger partial charge is 0.323 e. The van der Waals surface area contributed by atoms with Gasteiger partial charge in [0, 0.05) is 43.4 Å². The molecule has 5 heteroatoms. The summed E-state index contributed by atoms with van der Waals surface area (Å²) in [5.74, 6) is 0. The van der Waals surface area contributed by atoms with Crippen molar-refractivity contribution < 1.29 is 4.79 Å². The van der Waals surface area contributed by atoms with Gasteiger partial charge in [-0.05, 0) is 36.2 Å². The first kappa shape index (κ1) is 16.8. The third-order valence-electron chi connectivity index (χ3n) is 4.22. The second kappa shape index (κ2) is 8.18. The minimum absolute atomic E-state index is 0.0189. The third-order valence-corrected chi connectivity index (χ3v) is 4.47. The summed E-state index contributed by atoms with van der Waals surface area (Å²) in [5.41, 5.74) is 2.09. The summed E-state index contributed by atoms with van der Waals surface area (Å²) in [6, 6.07) is 17.6. The maximum Gasteiger partial charge on any atom is 0.321 e. The molecule has 0 saturated carbocycles. The standard InChI is InChI=1S/C19H22ClN3O/c20-17-9-7-16(8-10-17)15-22-11-4-12-23(14-13-22)19(24)21-18-5-2-1-3-6-18/h1-3,5-10H,4,11-15H2,(H,21,24). The Morgan fingerprint density at radius 3 is 2.46 bits per heavy atom. The summed E-state index contributed by atoms with van der Waals surface area (Å²) in [4.78, 5) is 16.7. The fourth-order valence-corrected chi connectivity index (χ4v) is 3.03. The van der Waals surface area contributed by atoms with Crippen molar-refractivity contribution in [2.45, 2.75) is 13.0 Å². The molecule has 4 nitrogen and oxygen atoms in total. The number of carbonyl (C=O) groups excluding carboxylic acids is 1. The van der Waals surface area contributed by atoms with E-state index in [1.807, 2.05) is 47.4 Å². The molecule has 1 heterocycles. The molecule has 0 spiro atoms. The average molecular weight is 344 g/mol. The van der Waals surface area contributed by atoms with Crippen molar-refractivity contribution in [3.05, 3.63) is 65.2 Å². The molecular weight excluding hydrogens is 322 g/mol. The Kier molecular flexibility index (Phi) is 5.72. The molecule has 0 aliphatic carbocycles. The van der Waals surface area contributed by atoms with Crippen LogP contribution in [-0.4, -0.2) is 42.0 Å². The normalized spacial score (nSPS) is 15.8. The molecular formula is C19H22ClN3O. The summed E-state index contributed by atoms with van der Waals surface area (Å²) in [6.45, 7) is 4.30. The van der Waals surface area contributed by atoms with Crippen molar-refractivity contribution in [3.8, 4) is 0 Å². The summed E-state index contributed by atoms with van der Waals surface area (Å²) < 4.78 is 0. The highest BCUT2D eigenvalue weighted by atomic mass is 35.5. The van der Waals surface area contributed by atoms with Crippen LogP contribution in [0.2, 0.25) is 5.02 Å². The van der Waals surface area contributed by atoms with E-state index in [2.05, 4.69) is 22.3 Å². The molecule has 1 aliphatic rings. The van der Waals surface area contributed by atoms with Crippen LogP contribution in [0.3, 0.4) is 0 Å². The van der Waals surface area contributed by atoms with Gasteiger partial charge in [0.25, 0.3) is 0 Å². The zero-order valence-corrected chi connectivity index (χ0v) is 14.4. The van der Waals surface area contributed by atoms with E-state index in [1.54, 1.807) is 0 Å². The van der Waals surface area contributed by atoms with Crippen molar-refractivity contribution in [3.63, 3.8) is 0 Å². The van der Waals surface area contributed by atoms with E-state index in [4.69, 9.17) is 11.6 Å². The smallest absolute Gasteiger partial charge is 0.321 e. The highest BCUT2D eigenvalue weighted by Crippen LogP contribution is 2.14. The Hall–Kier alpha value is -2.04. The van der Waals surface area contributed by atoms with Gasteiger partial charge in [-0.15, -0.1) is 0 Å². The van der Waals surface area contributed by atoms with Crippen molar-refractivity contribution in [1.29, 1.82) is 0 Å². The summed E-state index contributed by atoms with van der Waals surface area (Å²) in [6.07, 6.45) is 0.982. The molecule has 2 aromatic rings. The number of amides is 2. The Morgan fingerprint density at radius 1 is 0.958 bits per heavy atom. The maximum absolute atomic E-state index is 12.4. The summed E-state index contributed by atoms with van der Waals surface area (Å²) in [7, 11) is 0. The zero-order valence-electron chi connectivity index (χ0n) is 13.6. The van der Waals surface area contributed by atoms with E-state index in [9.17, 15) is 4.79 Å². The number of para-hydroxylation sites is 1. The summed E-state index contributed by atoms with van der Waals surface area (Å²) in [5, 5.41) is 3.73. The first-order valence-corrected chi connectivity index (χ1v) is 8.66. The number of rotatable bonds is 3. The predicted molar refractivity (Wildman–Crippen MR) is 98.4 cm³/mol. The predicted octanol–water partition coefficient (Wildman–Crippen LogP) is 4.08. The molecule has 126 valence electrons. The fourth-order valence-electron chi connectivity index (χ4n) is 2.90. The van der Waals surface area contributed by atoms with E-state index < -0.39 is 0 Å². The number of hydrogen-bond donors (Lipinski definition) is 1. The van der Waals surface area contributed by atoms with Gasteiger partial charge in [-0.3, -0.25) is 4.90 Å². The number of nitrogens with one attached hydrogen (secondary N) is 1. The second-order valence-electron chi connectivity index (χ2n) is 6.04. The minimum atomic E-state index is -0.0189. The van der Waals surface area contributed by atoms with Gasteiger partial charge >= 0.3 is 6.03 Å². The molecule has 0 bridgehead atoms. The van der Waals surface area contributed by atoms with Crippen LogP contribution in [0.25, 0.3) is 0 Å². The van der Waals surface area contributed by atoms with Crippen LogP contribution >= 0.6 is 11.6 Å². The van der Waals surface area contributed by atoms with Crippen LogP contribution in [0.15, 0.2) is 54.6 Å². The minimum Gasteiger partial charge on any atom is -0.323 e. The van der Waals surface area contributed by atoms with Crippen molar-refractivity contribution >= 4 is 23.3 Å². The highest BCUT2D eigenvalue weighted by molar-refractivity contribution is 6.30. The lowest BCUT2D eigenvalue weighted by Crippen LogP contribution is -2.38. The fraction of sp³-hybridized carbons (Fsp3) is 0.316. The molecule has 1 aliphatic heterocycles. The van der Waals surface area contributed by atoms with Gasteiger partial charge in [-0.25, -0.2) is 4.79 Å². The SMILES string of the molecule is O=C(Nc1ccccc1)N1CCCN(Cc2ccc(Cl)cc2)CC1. The average Bonchev–Trinajstić information content (AvgIpc) is 2.83. The van der Waals surface area contributed by atoms with Gasteiger partial charge in [-0.2, -0.15) is 0 Å². The number of carbonyl (C=O) groups is 1. The Bertz CT molecular complexity index is 660. The molecule has 2 aromatic carbocycles. The van der Waals surface area contributed by atoms with Gasteiger partial charge in [-0.1, -0.05) is 41.9 Å². The number of hydrogen-bond acceptors (Lipinski definition) is 2. The van der Waals surface area contributed by atoms with Crippen molar-refractivity contribution in [1.82, 2.24) is 9.80 Å². The third kappa shape index (κ3) is 4.73. The van der Waals surface area contributed by atoms with Crippen LogP contribution < -0.4 is 5.32 Å². The topological polar surface area (TPSA) is 35.6 Å². The molecule has 3 rings (SSSR count). The number of urea groups is 1. The van der Waals surface area contributed by atoms with Gasteiger partial charge < -0.3 is 10.2 Å². The van der Waals surface area contributed by atoms with Crippen LogP contribution in [-0.2, 0) is 6.54 Å². The van der Waals surface area contributed by atoms with E-state index in [1.165, 1.54) is 5.56 Å². The molecule has 1 N–H and O–H groups in total. The first-order valence-electron chi connectivity index (χ1n) is 8.28. The number of anilines is 1. The van der Waals surface area contributed by atoms with E-state index in [0.717, 1.165) is 49.9 Å². The highest BCUT2D eigenvalue weighted by Gasteiger charge is 2.19. The van der Waals surface area contributed by atoms with Gasteiger partial charge in [0.05, 0.1) is 0 Å². The lowest BCUT2D eigenvalue weighted by molar-refractivity contribution is 0.211. The van der Waals surface area contributed by atoms with E-state index in [0.29, 0.717) is 0 Å². The lowest BCUT2D eigenvalue weighted by atomic mass is 10.2. The lowest BCUT2D eigenvalue weighted by Gasteiger charge is -2.22. The van der Waals surface area contributed by atoms with E-state index >= 15 is 0 Å². The quantitative estimate of drug-likeness (QED) is 0.911. The van der Waals surface area contributed by atoms with Crippen molar-refractivity contribution in [2.24, 2.45) is 0 Å². The molecule has 0 unspecified atom stereocenters. The summed E-state index contributed by atoms with van der Waals surface area (Å²) >= 11 is 5.94. The second-order valence-corrected chi connectivity index (χ2v) is 6.48. The van der Waals surface area contributed by atoms with Crippen LogP contribution in [0.4, 0.5) is 10.5 Å². The first-order chi connectivity index (χ1) is 11.7. The molecule has 0 atom stereocenters. The molecule has 1 saturated heterocycles. The molecule has 0 aromatic heterocycles. The van der Waals surface area contributed by atoms with Crippen LogP contribution in [0.5, 0.6) is 0 Å². The van der Waals surface area contributed by atoms with Gasteiger partial charge in [0.15, 0.2) is 0 Å². The van der Waals surface area contributed by atoms with Gasteiger partial charge in [0.2, 0.25) is 0 Å². The van der Waals surface area contributed by atoms with Gasteiger partial charge in [0.1, 0.15) is 0 Å². The Balaban J connectivity index is 1.52. The molecule has 1 fully saturated rings. The maximum atomic E-state index is 12.4. The van der Waals surface area contributed by atoms with Crippen LogP contribution in [0.1, 0.15) is 12.0 Å². The molecule has 0 radical (unpaired) electrons. The van der Waals surface area contributed by atoms with Crippen LogP contribution in [0, 0.1) is 0 Å². The molecule has 2 amide bonds. The Morgan fingerprint density at radius 2 is 1.71 bits per heavy atom. The number of halogens is 1. The molecule has 24 heavy (non-hydrogen) atoms. The number of benzene rings is 2. The number of nitrogens with zero attached hydrogens (tertiary/aromatic N) is 2. The Labute approximate surface area is 148 Å². The monoisotopic (exact) mass is 343 g/mol. The van der Waals surface area contributed by atoms with Crippen molar-refractivity contribution in [2.75, 3.05) is 31.5 Å².